The maximum absolute atomic E-state index is 15.0. The largest absolute Gasteiger partial charge is 0.487 e. The Morgan fingerprint density at radius 3 is 1.96 bits per heavy atom. The lowest BCUT2D eigenvalue weighted by atomic mass is 9.80. The highest BCUT2D eigenvalue weighted by Gasteiger charge is 2.39. The van der Waals surface area contributed by atoms with Gasteiger partial charge in [0.2, 0.25) is 11.0 Å². The van der Waals surface area contributed by atoms with Crippen molar-refractivity contribution in [3.05, 3.63) is 142 Å². The summed E-state index contributed by atoms with van der Waals surface area (Å²) in [5.41, 5.74) is 2.14. The van der Waals surface area contributed by atoms with Gasteiger partial charge in [-0.1, -0.05) is 96.2 Å². The number of benzene rings is 4. The van der Waals surface area contributed by atoms with Crippen LogP contribution in [0.4, 0.5) is 10.1 Å². The number of hydrogen-bond donors (Lipinski definition) is 1. The van der Waals surface area contributed by atoms with Crippen LogP contribution in [0.25, 0.3) is 10.9 Å². The number of anilines is 1. The first-order valence-electron chi connectivity index (χ1n) is 16.3. The number of carboxylic acid groups (broad SMARTS) is 1. The van der Waals surface area contributed by atoms with E-state index in [2.05, 4.69) is 46.5 Å². The molecule has 0 saturated carbocycles. The molecule has 1 N–H and O–H groups in total. The van der Waals surface area contributed by atoms with E-state index >= 15 is 0 Å². The molecule has 2 aliphatic heterocycles. The minimum atomic E-state index is -1.32. The summed E-state index contributed by atoms with van der Waals surface area (Å²) >= 11 is 0. The Bertz CT molecular complexity index is 1910. The van der Waals surface area contributed by atoms with Crippen molar-refractivity contribution >= 4 is 28.8 Å². The van der Waals surface area contributed by atoms with Crippen LogP contribution in [0.3, 0.4) is 0 Å². The molecule has 3 heterocycles. The third-order valence-corrected chi connectivity index (χ3v) is 9.03. The molecule has 0 amide bonds. The third-order valence-electron chi connectivity index (χ3n) is 9.03. The topological polar surface area (TPSA) is 96.6 Å². The normalized spacial score (nSPS) is 16.2. The van der Waals surface area contributed by atoms with Crippen LogP contribution >= 0.6 is 0 Å². The van der Waals surface area contributed by atoms with Gasteiger partial charge in [-0.15, -0.1) is 0 Å². The first-order chi connectivity index (χ1) is 23.8. The Hall–Kier alpha value is -5.48. The van der Waals surface area contributed by atoms with Gasteiger partial charge in [-0.2, -0.15) is 0 Å². The van der Waals surface area contributed by atoms with E-state index < -0.39 is 22.8 Å². The number of hydrogen-bond acceptors (Lipinski definition) is 7. The number of rotatable bonds is 7. The second-order valence-electron chi connectivity index (χ2n) is 12.2. The molecular formula is C39H39FN4O5. The number of piperazine rings is 1. The molecule has 1 fully saturated rings. The summed E-state index contributed by atoms with van der Waals surface area (Å²) in [5, 5.41) is 13.5. The van der Waals surface area contributed by atoms with Crippen molar-refractivity contribution in [3.63, 3.8) is 0 Å². The maximum atomic E-state index is 15.0. The molecule has 1 atom stereocenters. The van der Waals surface area contributed by atoms with Gasteiger partial charge in [0.25, 0.3) is 0 Å². The molecule has 4 aromatic carbocycles. The van der Waals surface area contributed by atoms with Crippen LogP contribution in [0, 0.1) is 5.82 Å². The SMILES string of the molecule is CC=NOC(c1ccccc1)(c1ccccc1)c1ccccc1.C[C@H]1COc2c(N3CCN(C)CC3)c(F)cc3c(=O)c(C(=O)O)cn1c23. The van der Waals surface area contributed by atoms with E-state index in [1.54, 1.807) is 10.8 Å². The monoisotopic (exact) mass is 662 g/mol. The predicted molar refractivity (Wildman–Crippen MR) is 190 cm³/mol. The van der Waals surface area contributed by atoms with Gasteiger partial charge in [-0.05, 0) is 27.0 Å². The summed E-state index contributed by atoms with van der Waals surface area (Å²) in [5.74, 6) is -1.54. The lowest BCUT2D eigenvalue weighted by molar-refractivity contribution is 0.0181. The number of pyridine rings is 1. The molecule has 49 heavy (non-hydrogen) atoms. The van der Waals surface area contributed by atoms with E-state index in [1.807, 2.05) is 80.4 Å². The number of carbonyl (C=O) groups is 1. The number of aromatic nitrogens is 1. The van der Waals surface area contributed by atoms with Crippen molar-refractivity contribution in [3.8, 4) is 5.75 Å². The van der Waals surface area contributed by atoms with Gasteiger partial charge in [0.15, 0.2) is 11.6 Å². The second-order valence-corrected chi connectivity index (χ2v) is 12.2. The van der Waals surface area contributed by atoms with Gasteiger partial charge >= 0.3 is 5.97 Å². The fraction of sp³-hybridized carbons (Fsp3) is 0.256. The highest BCUT2D eigenvalue weighted by molar-refractivity contribution is 5.97. The number of aromatic carboxylic acids is 1. The van der Waals surface area contributed by atoms with Crippen molar-refractivity contribution < 1.29 is 23.9 Å². The first-order valence-corrected chi connectivity index (χ1v) is 16.3. The van der Waals surface area contributed by atoms with Gasteiger partial charge in [0.1, 0.15) is 17.9 Å². The number of carboxylic acids is 1. The van der Waals surface area contributed by atoms with Crippen LogP contribution in [-0.4, -0.2) is 66.6 Å². The van der Waals surface area contributed by atoms with Gasteiger partial charge in [-0.3, -0.25) is 4.79 Å². The molecule has 252 valence electrons. The van der Waals surface area contributed by atoms with Gasteiger partial charge < -0.3 is 29.0 Å². The first kappa shape index (κ1) is 33.4. The summed E-state index contributed by atoms with van der Waals surface area (Å²) < 4.78 is 22.6. The zero-order valence-electron chi connectivity index (χ0n) is 27.8. The van der Waals surface area contributed by atoms with Crippen LogP contribution in [0.15, 0.2) is 113 Å². The lowest BCUT2D eigenvalue weighted by Crippen LogP contribution is -2.45. The molecule has 0 spiro atoms. The minimum absolute atomic E-state index is 0.0434. The second kappa shape index (κ2) is 14.3. The molecule has 9 nitrogen and oxygen atoms in total. The summed E-state index contributed by atoms with van der Waals surface area (Å²) in [6, 6.07) is 31.6. The van der Waals surface area contributed by atoms with Gasteiger partial charge in [-0.25, -0.2) is 9.18 Å². The molecular weight excluding hydrogens is 623 g/mol. The van der Waals surface area contributed by atoms with Crippen LogP contribution in [-0.2, 0) is 10.4 Å². The average molecular weight is 663 g/mol. The molecule has 1 saturated heterocycles. The Morgan fingerprint density at radius 1 is 0.939 bits per heavy atom. The van der Waals surface area contributed by atoms with E-state index in [4.69, 9.17) is 9.57 Å². The molecule has 1 aromatic heterocycles. The van der Waals surface area contributed by atoms with Crippen LogP contribution in [0.1, 0.15) is 46.9 Å². The van der Waals surface area contributed by atoms with Gasteiger partial charge in [0, 0.05) is 55.3 Å². The summed E-state index contributed by atoms with van der Waals surface area (Å²) in [4.78, 5) is 34.2. The summed E-state index contributed by atoms with van der Waals surface area (Å²) in [7, 11) is 2.02. The number of likely N-dealkylation sites (N-methyl/N-ethyl adjacent to an activating group) is 1. The Balaban J connectivity index is 0.000000171. The van der Waals surface area contributed by atoms with E-state index in [-0.39, 0.29) is 23.6 Å². The highest BCUT2D eigenvalue weighted by atomic mass is 19.1. The molecule has 2 aliphatic rings. The molecule has 0 bridgehead atoms. The quantitative estimate of drug-likeness (QED) is 0.120. The zero-order chi connectivity index (χ0) is 34.5. The molecule has 7 rings (SSSR count). The van der Waals surface area contributed by atoms with E-state index in [1.165, 1.54) is 6.20 Å². The highest BCUT2D eigenvalue weighted by Crippen LogP contribution is 2.42. The van der Waals surface area contributed by atoms with Crippen molar-refractivity contribution in [2.75, 3.05) is 44.7 Å². The smallest absolute Gasteiger partial charge is 0.341 e. The van der Waals surface area contributed by atoms with Crippen molar-refractivity contribution in [2.45, 2.75) is 25.5 Å². The Kier molecular flexibility index (Phi) is 9.77. The predicted octanol–water partition coefficient (Wildman–Crippen LogP) is 6.54. The number of oxime groups is 1. The number of nitrogens with zero attached hydrogens (tertiary/aromatic N) is 4. The van der Waals surface area contributed by atoms with Crippen molar-refractivity contribution in [1.82, 2.24) is 9.47 Å². The molecule has 0 aliphatic carbocycles. The zero-order valence-corrected chi connectivity index (χ0v) is 27.8. The average Bonchev–Trinajstić information content (AvgIpc) is 3.13. The fourth-order valence-electron chi connectivity index (χ4n) is 6.50. The van der Waals surface area contributed by atoms with Crippen molar-refractivity contribution in [2.24, 2.45) is 5.16 Å². The van der Waals surface area contributed by atoms with Crippen LogP contribution < -0.4 is 15.1 Å². The summed E-state index contributed by atoms with van der Waals surface area (Å²) in [6.45, 7) is 6.93. The van der Waals surface area contributed by atoms with Crippen molar-refractivity contribution in [1.29, 1.82) is 0 Å². The van der Waals surface area contributed by atoms with Crippen LogP contribution in [0.5, 0.6) is 5.75 Å². The molecule has 0 unspecified atom stereocenters. The van der Waals surface area contributed by atoms with E-state index in [0.717, 1.165) is 35.8 Å². The van der Waals surface area contributed by atoms with Gasteiger partial charge in [0.05, 0.1) is 16.9 Å². The maximum Gasteiger partial charge on any atom is 0.341 e. The molecule has 0 radical (unpaired) electrons. The minimum Gasteiger partial charge on any atom is -0.487 e. The Morgan fingerprint density at radius 2 is 1.47 bits per heavy atom. The van der Waals surface area contributed by atoms with E-state index in [9.17, 15) is 19.1 Å². The summed E-state index contributed by atoms with van der Waals surface area (Å²) in [6.07, 6.45) is 3.01. The molecule has 10 heteroatoms. The fourth-order valence-corrected chi connectivity index (χ4v) is 6.50. The third kappa shape index (κ3) is 6.39. The number of halogens is 1. The molecule has 5 aromatic rings. The Labute approximate surface area is 284 Å². The number of ether oxygens (including phenoxy) is 1. The standard InChI is InChI=1S/C21H19NO.C18H20FN3O4/c1-2-22-23-21(18-12-6-3-7-13-18,19-14-8-4-9-15-19)20-16-10-5-11-17-20;1-10-9-26-17-14-11(16(23)12(18(24)25)8-22(10)14)7-13(19)15(17)21-5-3-20(2)4-6-21/h2-17H,1H3;7-8,10H,3-6,9H2,1-2H3,(H,24,25)/t;10-/m.0/s1. The van der Waals surface area contributed by atoms with E-state index in [0.29, 0.717) is 30.0 Å². The lowest BCUT2D eigenvalue weighted by Gasteiger charge is -2.37. The van der Waals surface area contributed by atoms with Crippen LogP contribution in [0.2, 0.25) is 0 Å².